The lowest BCUT2D eigenvalue weighted by molar-refractivity contribution is -0.0999. The molecule has 6 heteroatoms. The molecular weight excluding hydrogens is 282 g/mol. The molecule has 14 heavy (non-hydrogen) atoms. The molecule has 0 unspecified atom stereocenters. The molecule has 0 radical (unpaired) electrons. The molecule has 0 saturated carbocycles. The third-order valence-electron chi connectivity index (χ3n) is 1.40. The lowest BCUT2D eigenvalue weighted by atomic mass is 10.2. The minimum Gasteiger partial charge on any atom is -0.297 e. The molecule has 0 heterocycles. The summed E-state index contributed by atoms with van der Waals surface area (Å²) >= 11 is 8.61. The summed E-state index contributed by atoms with van der Waals surface area (Å²) in [6.45, 7) is 0. The van der Waals surface area contributed by atoms with E-state index in [1.165, 1.54) is 17.4 Å². The zero-order chi connectivity index (χ0) is 10.8. The van der Waals surface area contributed by atoms with E-state index in [0.29, 0.717) is 10.0 Å². The van der Waals surface area contributed by atoms with Gasteiger partial charge in [-0.1, -0.05) is 15.9 Å². The maximum absolute atomic E-state index is 11.9. The van der Waals surface area contributed by atoms with Gasteiger partial charge < -0.3 is 0 Å². The van der Waals surface area contributed by atoms with E-state index in [1.807, 2.05) is 0 Å². The highest BCUT2D eigenvalue weighted by Crippen LogP contribution is 2.25. The van der Waals surface area contributed by atoms with Crippen molar-refractivity contribution in [3.8, 4) is 0 Å². The van der Waals surface area contributed by atoms with E-state index in [1.54, 1.807) is 6.07 Å². The fourth-order valence-electron chi connectivity index (χ4n) is 0.963. The van der Waals surface area contributed by atoms with Gasteiger partial charge in [0.05, 0.1) is 0 Å². The van der Waals surface area contributed by atoms with Gasteiger partial charge in [-0.3, -0.25) is 5.32 Å². The summed E-state index contributed by atoms with van der Waals surface area (Å²) in [6, 6.07) is 4.35. The summed E-state index contributed by atoms with van der Waals surface area (Å²) in [5, 5.41) is 1.41. The molecule has 0 spiro atoms. The molecule has 1 N–H and O–H groups in total. The van der Waals surface area contributed by atoms with Crippen molar-refractivity contribution in [2.24, 2.45) is 0 Å². The summed E-state index contributed by atoms with van der Waals surface area (Å²) in [7, 11) is 0. The van der Waals surface area contributed by atoms with Gasteiger partial charge in [0.25, 0.3) is 0 Å². The molecule has 1 rings (SSSR count). The fraction of sp³-hybridized carbons (Fsp3) is 0.250. The smallest absolute Gasteiger partial charge is 0.297 e. The lowest BCUT2D eigenvalue weighted by Gasteiger charge is -2.11. The van der Waals surface area contributed by atoms with Gasteiger partial charge in [0.1, 0.15) is 0 Å². The number of rotatable bonds is 2. The number of alkyl halides is 4. The van der Waals surface area contributed by atoms with E-state index < -0.39 is 6.30 Å². The van der Waals surface area contributed by atoms with Crippen LogP contribution >= 0.6 is 27.5 Å². The number of anilines is 1. The number of nitrogens with one attached hydrogen (secondary N) is 1. The molecule has 0 amide bonds. The summed E-state index contributed by atoms with van der Waals surface area (Å²) < 4.78 is 36.4. The minimum absolute atomic E-state index is 0.0254. The average molecular weight is 288 g/mol. The summed E-state index contributed by atoms with van der Waals surface area (Å²) in [5.74, 6) is 0.173. The van der Waals surface area contributed by atoms with Crippen LogP contribution in [-0.2, 0) is 5.88 Å². The topological polar surface area (TPSA) is 12.0 Å². The van der Waals surface area contributed by atoms with Gasteiger partial charge in [0.15, 0.2) is 0 Å². The standard InChI is InChI=1S/C8H6BrClF3N/c9-6-1-5(4-10)2-7(3-6)14-8(11,12)13/h1-3,14H,4H2. The Morgan fingerprint density at radius 1 is 1.29 bits per heavy atom. The van der Waals surface area contributed by atoms with E-state index in [9.17, 15) is 13.2 Å². The first-order valence-electron chi connectivity index (χ1n) is 3.61. The molecule has 0 aliphatic carbocycles. The second-order valence-electron chi connectivity index (χ2n) is 2.60. The molecule has 1 aromatic carbocycles. The molecule has 0 atom stereocenters. The lowest BCUT2D eigenvalue weighted by Crippen LogP contribution is -2.20. The van der Waals surface area contributed by atoms with Gasteiger partial charge >= 0.3 is 6.30 Å². The highest BCUT2D eigenvalue weighted by Gasteiger charge is 2.27. The van der Waals surface area contributed by atoms with E-state index in [4.69, 9.17) is 11.6 Å². The first-order valence-corrected chi connectivity index (χ1v) is 4.94. The van der Waals surface area contributed by atoms with Gasteiger partial charge in [-0.15, -0.1) is 11.6 Å². The first kappa shape index (κ1) is 11.7. The molecule has 78 valence electrons. The first-order chi connectivity index (χ1) is 6.40. The van der Waals surface area contributed by atoms with Crippen LogP contribution in [0, 0.1) is 0 Å². The fourth-order valence-corrected chi connectivity index (χ4v) is 1.66. The Balaban J connectivity index is 2.92. The molecule has 0 aliphatic heterocycles. The predicted molar refractivity (Wildman–Crippen MR) is 53.4 cm³/mol. The highest BCUT2D eigenvalue weighted by molar-refractivity contribution is 9.10. The van der Waals surface area contributed by atoms with Crippen LogP contribution < -0.4 is 5.32 Å². The van der Waals surface area contributed by atoms with Gasteiger partial charge in [0.2, 0.25) is 0 Å². The van der Waals surface area contributed by atoms with Crippen molar-refractivity contribution in [3.05, 3.63) is 28.2 Å². The normalized spacial score (nSPS) is 11.5. The summed E-state index contributed by atoms with van der Waals surface area (Å²) in [5.41, 5.74) is 0.593. The van der Waals surface area contributed by atoms with E-state index in [0.717, 1.165) is 0 Å². The van der Waals surface area contributed by atoms with Crippen LogP contribution in [0.15, 0.2) is 22.7 Å². The molecule has 0 aromatic heterocycles. The average Bonchev–Trinajstić information content (AvgIpc) is 1.99. The van der Waals surface area contributed by atoms with Crippen molar-refractivity contribution in [1.82, 2.24) is 0 Å². The predicted octanol–water partition coefficient (Wildman–Crippen LogP) is 4.12. The second kappa shape index (κ2) is 4.40. The Kier molecular flexibility index (Phi) is 3.66. The number of benzene rings is 1. The Bertz CT molecular complexity index is 327. The summed E-state index contributed by atoms with van der Waals surface area (Å²) in [4.78, 5) is 0. The maximum Gasteiger partial charge on any atom is 0.482 e. The zero-order valence-corrected chi connectivity index (χ0v) is 9.17. The summed E-state index contributed by atoms with van der Waals surface area (Å²) in [6.07, 6.45) is -4.43. The van der Waals surface area contributed by atoms with Crippen molar-refractivity contribution in [1.29, 1.82) is 0 Å². The van der Waals surface area contributed by atoms with Crippen LogP contribution in [0.25, 0.3) is 0 Å². The molecule has 0 bridgehead atoms. The Morgan fingerprint density at radius 3 is 2.43 bits per heavy atom. The van der Waals surface area contributed by atoms with E-state index in [2.05, 4.69) is 15.9 Å². The SMILES string of the molecule is FC(F)(F)Nc1cc(Br)cc(CCl)c1. The van der Waals surface area contributed by atoms with E-state index >= 15 is 0 Å². The molecule has 0 aliphatic rings. The van der Waals surface area contributed by atoms with Gasteiger partial charge in [0, 0.05) is 16.0 Å². The third-order valence-corrected chi connectivity index (χ3v) is 2.16. The highest BCUT2D eigenvalue weighted by atomic mass is 79.9. The van der Waals surface area contributed by atoms with Crippen LogP contribution in [-0.4, -0.2) is 6.30 Å². The van der Waals surface area contributed by atoms with Crippen LogP contribution in [0.1, 0.15) is 5.56 Å². The van der Waals surface area contributed by atoms with Crippen LogP contribution in [0.3, 0.4) is 0 Å². The zero-order valence-electron chi connectivity index (χ0n) is 6.83. The Labute approximate surface area is 92.4 Å². The van der Waals surface area contributed by atoms with Crippen molar-refractivity contribution in [2.45, 2.75) is 12.2 Å². The van der Waals surface area contributed by atoms with Gasteiger partial charge in [-0.05, 0) is 23.8 Å². The monoisotopic (exact) mass is 287 g/mol. The van der Waals surface area contributed by atoms with Crippen molar-refractivity contribution >= 4 is 33.2 Å². The van der Waals surface area contributed by atoms with E-state index in [-0.39, 0.29) is 11.6 Å². The maximum atomic E-state index is 11.9. The van der Waals surface area contributed by atoms with Gasteiger partial charge in [-0.2, -0.15) is 13.2 Å². The van der Waals surface area contributed by atoms with Gasteiger partial charge in [-0.25, -0.2) is 0 Å². The van der Waals surface area contributed by atoms with Crippen molar-refractivity contribution in [3.63, 3.8) is 0 Å². The number of hydrogen-bond acceptors (Lipinski definition) is 1. The molecule has 1 aromatic rings. The molecule has 0 fully saturated rings. The molecule has 0 saturated heterocycles. The molecular formula is C8H6BrClF3N. The van der Waals surface area contributed by atoms with Crippen LogP contribution in [0.5, 0.6) is 0 Å². The number of halogens is 5. The second-order valence-corrected chi connectivity index (χ2v) is 3.79. The molecule has 1 nitrogen and oxygen atoms in total. The van der Waals surface area contributed by atoms with Crippen LogP contribution in [0.2, 0.25) is 0 Å². The van der Waals surface area contributed by atoms with Crippen molar-refractivity contribution in [2.75, 3.05) is 5.32 Å². The van der Waals surface area contributed by atoms with Crippen molar-refractivity contribution < 1.29 is 13.2 Å². The Morgan fingerprint density at radius 2 is 1.93 bits per heavy atom. The number of hydrogen-bond donors (Lipinski definition) is 1. The third kappa shape index (κ3) is 3.75. The minimum atomic E-state index is -4.43. The quantitative estimate of drug-likeness (QED) is 0.637. The van der Waals surface area contributed by atoms with Crippen LogP contribution in [0.4, 0.5) is 18.9 Å². The largest absolute Gasteiger partial charge is 0.482 e. The Hall–Kier alpha value is -0.420.